The number of halogens is 2. The molecule has 48 heavy (non-hydrogen) atoms. The van der Waals surface area contributed by atoms with E-state index in [4.69, 9.17) is 11.6 Å². The number of fused-ring (bicyclic) bond motifs is 2. The van der Waals surface area contributed by atoms with E-state index in [9.17, 15) is 4.39 Å². The van der Waals surface area contributed by atoms with Gasteiger partial charge >= 0.3 is 0 Å². The highest BCUT2D eigenvalue weighted by Crippen LogP contribution is 2.38. The fraction of sp³-hybridized carbons (Fsp3) is 0.500. The molecular formula is C44H66ClFN2. The highest BCUT2D eigenvalue weighted by atomic mass is 35.5. The van der Waals surface area contributed by atoms with Gasteiger partial charge in [-0.05, 0) is 125 Å². The zero-order valence-corrected chi connectivity index (χ0v) is 33.0. The summed E-state index contributed by atoms with van der Waals surface area (Å²) in [5.74, 6) is -0.173. The molecule has 3 aromatic carbocycles. The molecule has 0 aliphatic rings. The summed E-state index contributed by atoms with van der Waals surface area (Å²) in [5, 5.41) is 4.38. The van der Waals surface area contributed by atoms with E-state index in [1.165, 1.54) is 83.6 Å². The SMILES string of the molecule is C#C.CC.CCCCc1cn(CCC)c2c(/C(CC)=C(\C)CC)c(Cl)ccc12.CCCN(C)CCC.Cc1cccc2cc(F)ccc12. The average molecular weight is 677 g/mol. The van der Waals surface area contributed by atoms with Crippen molar-refractivity contribution >= 4 is 38.8 Å². The summed E-state index contributed by atoms with van der Waals surface area (Å²) < 4.78 is 15.2. The van der Waals surface area contributed by atoms with Crippen LogP contribution in [-0.2, 0) is 13.0 Å². The van der Waals surface area contributed by atoms with Crippen molar-refractivity contribution in [2.24, 2.45) is 0 Å². The lowest BCUT2D eigenvalue weighted by Crippen LogP contribution is -2.19. The van der Waals surface area contributed by atoms with E-state index in [2.05, 4.69) is 96.2 Å². The number of rotatable bonds is 12. The van der Waals surface area contributed by atoms with Crippen molar-refractivity contribution in [2.75, 3.05) is 20.1 Å². The molecule has 0 radical (unpaired) electrons. The Morgan fingerprint density at radius 2 is 1.46 bits per heavy atom. The maximum absolute atomic E-state index is 12.8. The molecule has 4 aromatic rings. The second-order valence-electron chi connectivity index (χ2n) is 12.0. The third-order valence-corrected chi connectivity index (χ3v) is 8.62. The van der Waals surface area contributed by atoms with Gasteiger partial charge < -0.3 is 9.47 Å². The molecule has 0 atom stereocenters. The van der Waals surface area contributed by atoms with Gasteiger partial charge in [-0.15, -0.1) is 12.8 Å². The highest BCUT2D eigenvalue weighted by Gasteiger charge is 2.18. The van der Waals surface area contributed by atoms with Crippen LogP contribution in [-0.4, -0.2) is 29.6 Å². The highest BCUT2D eigenvalue weighted by molar-refractivity contribution is 6.33. The molecule has 4 heteroatoms. The Morgan fingerprint density at radius 1 is 0.833 bits per heavy atom. The van der Waals surface area contributed by atoms with Crippen LogP contribution in [0.25, 0.3) is 27.2 Å². The Hall–Kier alpha value is -3.06. The van der Waals surface area contributed by atoms with E-state index in [0.29, 0.717) is 0 Å². The first-order valence-electron chi connectivity index (χ1n) is 18.3. The summed E-state index contributed by atoms with van der Waals surface area (Å²) in [6.45, 7) is 25.2. The normalized spacial score (nSPS) is 10.9. The molecule has 0 fully saturated rings. The molecule has 0 saturated heterocycles. The first-order chi connectivity index (χ1) is 23.2. The number of unbranched alkanes of at least 4 members (excludes halogenated alkanes) is 1. The quantitative estimate of drug-likeness (QED) is 0.136. The third kappa shape index (κ3) is 13.8. The van der Waals surface area contributed by atoms with Crippen molar-refractivity contribution < 1.29 is 4.39 Å². The van der Waals surface area contributed by atoms with Gasteiger partial charge in [0.15, 0.2) is 0 Å². The molecule has 1 heterocycles. The minimum absolute atomic E-state index is 0.173. The van der Waals surface area contributed by atoms with E-state index in [-0.39, 0.29) is 5.82 Å². The van der Waals surface area contributed by atoms with Crippen LogP contribution < -0.4 is 0 Å². The number of nitrogens with zero attached hydrogens (tertiary/aromatic N) is 2. The summed E-state index contributed by atoms with van der Waals surface area (Å²) >= 11 is 6.72. The van der Waals surface area contributed by atoms with E-state index in [1.807, 2.05) is 45.0 Å². The van der Waals surface area contributed by atoms with Gasteiger partial charge in [0.2, 0.25) is 0 Å². The molecule has 0 bridgehead atoms. The van der Waals surface area contributed by atoms with Gasteiger partial charge in [-0.25, -0.2) is 4.39 Å². The zero-order valence-electron chi connectivity index (χ0n) is 32.3. The molecule has 0 N–H and O–H groups in total. The van der Waals surface area contributed by atoms with Crippen molar-refractivity contribution in [2.45, 2.75) is 127 Å². The van der Waals surface area contributed by atoms with Gasteiger partial charge in [-0.2, -0.15) is 0 Å². The van der Waals surface area contributed by atoms with E-state index in [0.717, 1.165) is 48.0 Å². The van der Waals surface area contributed by atoms with Gasteiger partial charge in [0.25, 0.3) is 0 Å². The molecular weight excluding hydrogens is 611 g/mol. The summed E-state index contributed by atoms with van der Waals surface area (Å²) in [6, 6.07) is 15.1. The topological polar surface area (TPSA) is 8.17 Å². The molecule has 2 nitrogen and oxygen atoms in total. The molecule has 0 spiro atoms. The smallest absolute Gasteiger partial charge is 0.123 e. The minimum Gasteiger partial charge on any atom is -0.347 e. The number of aryl methyl sites for hydroxylation is 3. The number of benzene rings is 3. The lowest BCUT2D eigenvalue weighted by atomic mass is 9.94. The van der Waals surface area contributed by atoms with Crippen LogP contribution in [0.3, 0.4) is 0 Å². The average Bonchev–Trinajstić information content (AvgIpc) is 3.44. The van der Waals surface area contributed by atoms with Crippen LogP contribution in [0.4, 0.5) is 4.39 Å². The second kappa shape index (κ2) is 25.9. The lowest BCUT2D eigenvalue weighted by Gasteiger charge is -2.16. The second-order valence-corrected chi connectivity index (χ2v) is 12.4. The molecule has 0 aliphatic heterocycles. The van der Waals surface area contributed by atoms with Crippen molar-refractivity contribution in [1.29, 1.82) is 0 Å². The Kier molecular flexibility index (Phi) is 24.2. The summed E-state index contributed by atoms with van der Waals surface area (Å²) in [7, 11) is 2.17. The van der Waals surface area contributed by atoms with Gasteiger partial charge in [0.1, 0.15) is 5.82 Å². The first-order valence-corrected chi connectivity index (χ1v) is 18.7. The first kappa shape index (κ1) is 44.9. The van der Waals surface area contributed by atoms with Crippen molar-refractivity contribution in [3.05, 3.63) is 87.8 Å². The van der Waals surface area contributed by atoms with Crippen molar-refractivity contribution in [3.63, 3.8) is 0 Å². The Bertz CT molecular complexity index is 1500. The molecule has 266 valence electrons. The van der Waals surface area contributed by atoms with Crippen molar-refractivity contribution in [1.82, 2.24) is 9.47 Å². The van der Waals surface area contributed by atoms with Gasteiger partial charge in [-0.1, -0.05) is 109 Å². The van der Waals surface area contributed by atoms with Crippen LogP contribution in [0, 0.1) is 25.6 Å². The minimum atomic E-state index is -0.173. The number of aromatic nitrogens is 1. The molecule has 1 aromatic heterocycles. The summed E-state index contributed by atoms with van der Waals surface area (Å²) in [4.78, 5) is 2.36. The summed E-state index contributed by atoms with van der Waals surface area (Å²) in [6.07, 6.45) is 19.8. The monoisotopic (exact) mass is 676 g/mol. The van der Waals surface area contributed by atoms with Crippen LogP contribution in [0.1, 0.15) is 124 Å². The van der Waals surface area contributed by atoms with Gasteiger partial charge in [0, 0.05) is 23.7 Å². The maximum Gasteiger partial charge on any atom is 0.123 e. The largest absolute Gasteiger partial charge is 0.347 e. The van der Waals surface area contributed by atoms with E-state index < -0.39 is 0 Å². The number of allylic oxidation sites excluding steroid dienone is 2. The van der Waals surface area contributed by atoms with E-state index in [1.54, 1.807) is 6.07 Å². The fourth-order valence-corrected chi connectivity index (χ4v) is 6.18. The fourth-order valence-electron chi connectivity index (χ4n) is 5.91. The van der Waals surface area contributed by atoms with Crippen LogP contribution in [0.2, 0.25) is 5.02 Å². The molecule has 0 saturated carbocycles. The summed E-state index contributed by atoms with van der Waals surface area (Å²) in [5.41, 5.74) is 8.15. The molecule has 0 amide bonds. The van der Waals surface area contributed by atoms with Crippen LogP contribution in [0.15, 0.2) is 60.3 Å². The van der Waals surface area contributed by atoms with Gasteiger partial charge in [-0.3, -0.25) is 0 Å². The third-order valence-electron chi connectivity index (χ3n) is 8.31. The molecule has 0 aliphatic carbocycles. The Balaban J connectivity index is 0.000000762. The molecule has 0 unspecified atom stereocenters. The van der Waals surface area contributed by atoms with Gasteiger partial charge in [0.05, 0.1) is 10.5 Å². The Morgan fingerprint density at radius 3 is 2.00 bits per heavy atom. The number of terminal acetylenes is 1. The standard InChI is InChI=1S/C22H32ClN.C11H9F.C7H17N.C2H6.C2H2/c1-6-10-11-17-15-24(14-7-2)22-19(17)12-13-20(23)21(22)18(9-4)16(5)8-3;1-8-3-2-4-9-7-10(12)5-6-11(8)9;1-4-6-8(3)7-5-2;2*1-2/h12-13,15H,6-11,14H2,1-5H3;2-7H,1H3;4-7H2,1-3H3;1-2H3;1-2H/b18-16+;;;;. The number of hydrogen-bond acceptors (Lipinski definition) is 1. The Labute approximate surface area is 299 Å². The maximum atomic E-state index is 12.8. The lowest BCUT2D eigenvalue weighted by molar-refractivity contribution is 0.335. The molecule has 4 rings (SSSR count). The van der Waals surface area contributed by atoms with Crippen LogP contribution in [0.5, 0.6) is 0 Å². The van der Waals surface area contributed by atoms with E-state index >= 15 is 0 Å². The predicted octanol–water partition coefficient (Wildman–Crippen LogP) is 13.9. The zero-order chi connectivity index (χ0) is 36.6. The van der Waals surface area contributed by atoms with Crippen LogP contribution >= 0.6 is 11.6 Å². The predicted molar refractivity (Wildman–Crippen MR) is 217 cm³/mol. The number of hydrogen-bond donors (Lipinski definition) is 0. The van der Waals surface area contributed by atoms with Crippen molar-refractivity contribution in [3.8, 4) is 12.8 Å².